The number of para-hydroxylation sites is 1. The Balaban J connectivity index is 1.59. The molecule has 2 atom stereocenters. The highest BCUT2D eigenvalue weighted by Crippen LogP contribution is 2.37. The molecule has 2 heterocycles. The number of benzene rings is 2. The number of aliphatic imine (C=N–C) groups is 1. The molecule has 0 spiro atoms. The molecule has 0 bridgehead atoms. The molecule has 2 aliphatic heterocycles. The first kappa shape index (κ1) is 21.2. The molecule has 2 aromatic rings. The number of fused-ring (bicyclic) bond motifs is 1. The van der Waals surface area contributed by atoms with Gasteiger partial charge in [-0.1, -0.05) is 41.6 Å². The van der Waals surface area contributed by atoms with Gasteiger partial charge >= 0.3 is 0 Å². The van der Waals surface area contributed by atoms with Crippen LogP contribution in [0.2, 0.25) is 5.02 Å². The standard InChI is InChI=1S/C21H22ClN3O3S2/c1-13-4-3-5-14(2)20(13)24-19(26)10-25(16-8-6-15(22)7-9-16)21-23-17-11-30(27,28)12-18(17)29-21/h3-9,17-18H,10-12H2,1-2H3,(H,24,26)/t17-,18+/m0/s1. The first-order valence-electron chi connectivity index (χ1n) is 9.56. The number of carbonyl (C=O) groups is 1. The van der Waals surface area contributed by atoms with Crippen molar-refractivity contribution >= 4 is 55.6 Å². The van der Waals surface area contributed by atoms with Gasteiger partial charge in [-0.05, 0) is 49.2 Å². The van der Waals surface area contributed by atoms with E-state index in [0.717, 1.165) is 22.5 Å². The van der Waals surface area contributed by atoms with E-state index in [1.54, 1.807) is 12.1 Å². The molecule has 1 amide bonds. The summed E-state index contributed by atoms with van der Waals surface area (Å²) in [4.78, 5) is 19.4. The number of rotatable bonds is 4. The predicted octanol–water partition coefficient (Wildman–Crippen LogP) is 3.67. The molecule has 4 rings (SSSR count). The number of carbonyl (C=O) groups excluding carboxylic acids is 1. The zero-order valence-electron chi connectivity index (χ0n) is 16.6. The smallest absolute Gasteiger partial charge is 0.244 e. The summed E-state index contributed by atoms with van der Waals surface area (Å²) in [6.45, 7) is 3.98. The molecule has 158 valence electrons. The van der Waals surface area contributed by atoms with Gasteiger partial charge in [0.15, 0.2) is 15.0 Å². The summed E-state index contributed by atoms with van der Waals surface area (Å²) in [6.07, 6.45) is 0. The number of hydrogen-bond donors (Lipinski definition) is 1. The average Bonchev–Trinajstić information content (AvgIpc) is 3.17. The largest absolute Gasteiger partial charge is 0.324 e. The third-order valence-corrected chi connectivity index (χ3v) is 8.72. The molecule has 2 aliphatic rings. The fraction of sp³-hybridized carbons (Fsp3) is 0.333. The van der Waals surface area contributed by atoms with Gasteiger partial charge in [-0.2, -0.15) is 0 Å². The van der Waals surface area contributed by atoms with Crippen molar-refractivity contribution in [2.45, 2.75) is 25.1 Å². The van der Waals surface area contributed by atoms with Crippen molar-refractivity contribution in [2.24, 2.45) is 4.99 Å². The van der Waals surface area contributed by atoms with Crippen LogP contribution in [0.1, 0.15) is 11.1 Å². The number of aryl methyl sites for hydroxylation is 2. The number of amidine groups is 1. The second-order valence-electron chi connectivity index (χ2n) is 7.59. The van der Waals surface area contributed by atoms with Gasteiger partial charge in [-0.3, -0.25) is 9.79 Å². The summed E-state index contributed by atoms with van der Waals surface area (Å²) in [5.41, 5.74) is 3.58. The van der Waals surface area contributed by atoms with Crippen LogP contribution in [-0.4, -0.2) is 48.8 Å². The molecule has 1 saturated heterocycles. The number of anilines is 2. The molecule has 6 nitrogen and oxygen atoms in total. The normalized spacial score (nSPS) is 21.8. The summed E-state index contributed by atoms with van der Waals surface area (Å²) >= 11 is 7.46. The van der Waals surface area contributed by atoms with E-state index >= 15 is 0 Å². The summed E-state index contributed by atoms with van der Waals surface area (Å²) in [5, 5.41) is 4.18. The lowest BCUT2D eigenvalue weighted by Crippen LogP contribution is -2.36. The lowest BCUT2D eigenvalue weighted by molar-refractivity contribution is -0.114. The van der Waals surface area contributed by atoms with Crippen LogP contribution >= 0.6 is 23.4 Å². The molecular weight excluding hydrogens is 442 g/mol. The summed E-state index contributed by atoms with van der Waals surface area (Å²) in [7, 11) is -3.04. The van der Waals surface area contributed by atoms with Crippen LogP contribution in [0, 0.1) is 13.8 Å². The van der Waals surface area contributed by atoms with E-state index in [-0.39, 0.29) is 35.2 Å². The van der Waals surface area contributed by atoms with E-state index in [1.165, 1.54) is 11.8 Å². The highest BCUT2D eigenvalue weighted by Gasteiger charge is 2.44. The molecule has 2 aromatic carbocycles. The van der Waals surface area contributed by atoms with Crippen molar-refractivity contribution in [3.63, 3.8) is 0 Å². The molecule has 0 saturated carbocycles. The maximum Gasteiger partial charge on any atom is 0.244 e. The van der Waals surface area contributed by atoms with Gasteiger partial charge in [0.25, 0.3) is 0 Å². The third-order valence-electron chi connectivity index (χ3n) is 5.22. The second kappa shape index (κ2) is 8.24. The number of hydrogen-bond acceptors (Lipinski definition) is 6. The first-order chi connectivity index (χ1) is 14.2. The van der Waals surface area contributed by atoms with Crippen molar-refractivity contribution < 1.29 is 13.2 Å². The molecular formula is C21H22ClN3O3S2. The maximum atomic E-state index is 12.9. The molecule has 30 heavy (non-hydrogen) atoms. The monoisotopic (exact) mass is 463 g/mol. The Hall–Kier alpha value is -2.03. The minimum atomic E-state index is -3.04. The first-order valence-corrected chi connectivity index (χ1v) is 12.6. The van der Waals surface area contributed by atoms with Crippen LogP contribution in [0.25, 0.3) is 0 Å². The fourth-order valence-corrected chi connectivity index (χ4v) is 7.60. The van der Waals surface area contributed by atoms with E-state index in [1.807, 2.05) is 49.1 Å². The van der Waals surface area contributed by atoms with Crippen LogP contribution in [0.4, 0.5) is 11.4 Å². The van der Waals surface area contributed by atoms with E-state index in [4.69, 9.17) is 11.6 Å². The third kappa shape index (κ3) is 4.50. The van der Waals surface area contributed by atoms with Crippen LogP contribution in [0.15, 0.2) is 47.5 Å². The number of nitrogens with zero attached hydrogens (tertiary/aromatic N) is 2. The number of nitrogens with one attached hydrogen (secondary N) is 1. The molecule has 1 fully saturated rings. The zero-order chi connectivity index (χ0) is 21.5. The fourth-order valence-electron chi connectivity index (χ4n) is 3.70. The van der Waals surface area contributed by atoms with Gasteiger partial charge in [0.1, 0.15) is 6.54 Å². The van der Waals surface area contributed by atoms with Crippen LogP contribution < -0.4 is 10.2 Å². The molecule has 0 unspecified atom stereocenters. The average molecular weight is 464 g/mol. The second-order valence-corrected chi connectivity index (χ2v) is 11.4. The molecule has 0 aromatic heterocycles. The Morgan fingerprint density at radius 1 is 1.17 bits per heavy atom. The van der Waals surface area contributed by atoms with Crippen LogP contribution in [0.5, 0.6) is 0 Å². The highest BCUT2D eigenvalue weighted by atomic mass is 35.5. The van der Waals surface area contributed by atoms with Crippen LogP contribution in [-0.2, 0) is 14.6 Å². The minimum absolute atomic E-state index is 0.0629. The molecule has 0 radical (unpaired) electrons. The van der Waals surface area contributed by atoms with Gasteiger partial charge in [0.05, 0.1) is 17.5 Å². The molecule has 0 aliphatic carbocycles. The predicted molar refractivity (Wildman–Crippen MR) is 125 cm³/mol. The van der Waals surface area contributed by atoms with Crippen molar-refractivity contribution in [3.8, 4) is 0 Å². The lowest BCUT2D eigenvalue weighted by Gasteiger charge is -2.24. The van der Waals surface area contributed by atoms with E-state index in [2.05, 4.69) is 10.3 Å². The number of sulfone groups is 1. The summed E-state index contributed by atoms with van der Waals surface area (Å²) in [6, 6.07) is 12.8. The van der Waals surface area contributed by atoms with Gasteiger partial charge in [0, 0.05) is 21.6 Å². The van der Waals surface area contributed by atoms with Gasteiger partial charge in [0.2, 0.25) is 5.91 Å². The van der Waals surface area contributed by atoms with Crippen molar-refractivity contribution in [1.82, 2.24) is 0 Å². The highest BCUT2D eigenvalue weighted by molar-refractivity contribution is 8.15. The minimum Gasteiger partial charge on any atom is -0.324 e. The van der Waals surface area contributed by atoms with E-state index in [0.29, 0.717) is 10.2 Å². The SMILES string of the molecule is Cc1cccc(C)c1NC(=O)CN(C1=N[C@H]2CS(=O)(=O)C[C@H]2S1)c1ccc(Cl)cc1. The summed E-state index contributed by atoms with van der Waals surface area (Å²) < 4.78 is 23.8. The van der Waals surface area contributed by atoms with Crippen molar-refractivity contribution in [3.05, 3.63) is 58.6 Å². The van der Waals surface area contributed by atoms with Crippen LogP contribution in [0.3, 0.4) is 0 Å². The Morgan fingerprint density at radius 3 is 2.47 bits per heavy atom. The van der Waals surface area contributed by atoms with E-state index in [9.17, 15) is 13.2 Å². The molecule has 9 heteroatoms. The number of amides is 1. The zero-order valence-corrected chi connectivity index (χ0v) is 19.0. The quantitative estimate of drug-likeness (QED) is 0.748. The lowest BCUT2D eigenvalue weighted by atomic mass is 10.1. The Kier molecular flexibility index (Phi) is 5.83. The number of halogens is 1. The Bertz CT molecular complexity index is 1100. The molecule has 1 N–H and O–H groups in total. The van der Waals surface area contributed by atoms with Gasteiger partial charge < -0.3 is 10.2 Å². The Morgan fingerprint density at radius 2 is 1.83 bits per heavy atom. The van der Waals surface area contributed by atoms with Crippen molar-refractivity contribution in [2.75, 3.05) is 28.3 Å². The van der Waals surface area contributed by atoms with E-state index < -0.39 is 9.84 Å². The van der Waals surface area contributed by atoms with Crippen molar-refractivity contribution in [1.29, 1.82) is 0 Å². The Labute approximate surface area is 185 Å². The summed E-state index contributed by atoms with van der Waals surface area (Å²) in [5.74, 6) is 0.0191. The maximum absolute atomic E-state index is 12.9. The van der Waals surface area contributed by atoms with Gasteiger partial charge in [-0.15, -0.1) is 0 Å². The topological polar surface area (TPSA) is 78.8 Å². The van der Waals surface area contributed by atoms with Gasteiger partial charge in [-0.25, -0.2) is 8.42 Å². The number of thioether (sulfide) groups is 1.